The number of fused-ring (bicyclic) bond motifs is 2. The smallest absolute Gasteiger partial charge is 0.337 e. The van der Waals surface area contributed by atoms with Crippen LogP contribution in [0.3, 0.4) is 0 Å². The van der Waals surface area contributed by atoms with Crippen molar-refractivity contribution in [2.45, 2.75) is 40.0 Å². The second kappa shape index (κ2) is 7.04. The highest BCUT2D eigenvalue weighted by Gasteiger charge is 2.64. The second-order valence-corrected chi connectivity index (χ2v) is 8.31. The number of amides is 3. The van der Waals surface area contributed by atoms with E-state index in [-0.39, 0.29) is 42.0 Å². The number of likely N-dealkylation sites (tertiary alicyclic amines) is 1. The van der Waals surface area contributed by atoms with E-state index in [0.717, 1.165) is 0 Å². The number of carbonyl (C=O) groups excluding carboxylic acids is 4. The molecule has 3 amide bonds. The quantitative estimate of drug-likeness (QED) is 0.620. The third-order valence-corrected chi connectivity index (χ3v) is 6.66. The monoisotopic (exact) mass is 386 g/mol. The van der Waals surface area contributed by atoms with Crippen molar-refractivity contribution in [3.05, 3.63) is 29.8 Å². The van der Waals surface area contributed by atoms with Crippen LogP contribution in [0.1, 0.15) is 50.4 Å². The lowest BCUT2D eigenvalue weighted by Crippen LogP contribution is -2.59. The van der Waals surface area contributed by atoms with Crippen molar-refractivity contribution in [1.29, 1.82) is 0 Å². The molecule has 0 aromatic heterocycles. The molecular weight excluding hydrogens is 360 g/mol. The Morgan fingerprint density at radius 2 is 1.82 bits per heavy atom. The van der Waals surface area contributed by atoms with Gasteiger partial charge in [0, 0.05) is 24.6 Å². The molecule has 2 atom stereocenters. The molecule has 1 N–H and O–H groups in total. The van der Waals surface area contributed by atoms with E-state index in [0.29, 0.717) is 24.1 Å². The number of hydrogen-bond donors (Lipinski definition) is 1. The summed E-state index contributed by atoms with van der Waals surface area (Å²) in [5, 5.41) is 2.72. The predicted molar refractivity (Wildman–Crippen MR) is 102 cm³/mol. The number of rotatable bonds is 5. The summed E-state index contributed by atoms with van der Waals surface area (Å²) in [5.41, 5.74) is -0.00829. The Labute approximate surface area is 164 Å². The van der Waals surface area contributed by atoms with Crippen LogP contribution in [0.15, 0.2) is 24.3 Å². The van der Waals surface area contributed by atoms with E-state index in [4.69, 9.17) is 0 Å². The van der Waals surface area contributed by atoms with Crippen LogP contribution in [-0.2, 0) is 19.1 Å². The average molecular weight is 386 g/mol. The Kier molecular flexibility index (Phi) is 5.04. The Balaban J connectivity index is 1.61. The number of carbonyl (C=O) groups is 4. The van der Waals surface area contributed by atoms with Gasteiger partial charge in [0.1, 0.15) is 0 Å². The number of anilines is 1. The molecular formula is C21H26N2O5. The minimum absolute atomic E-state index is 0.0272. The molecule has 1 heterocycles. The number of nitrogens with one attached hydrogen (secondary N) is 1. The Hall–Kier alpha value is -2.70. The molecule has 2 aliphatic rings. The number of ether oxygens (including phenoxy) is 1. The maximum absolute atomic E-state index is 13.0. The average Bonchev–Trinajstić information content (AvgIpc) is 2.85. The minimum atomic E-state index is -0.564. The lowest BCUT2D eigenvalue weighted by molar-refractivity contribution is -0.167. The molecule has 2 unspecified atom stereocenters. The first-order chi connectivity index (χ1) is 13.1. The normalized spacial score (nSPS) is 25.6. The van der Waals surface area contributed by atoms with Gasteiger partial charge < -0.3 is 10.1 Å². The number of nitrogens with zero attached hydrogens (tertiary/aromatic N) is 1. The summed E-state index contributed by atoms with van der Waals surface area (Å²) in [6, 6.07) is 6.32. The largest absolute Gasteiger partial charge is 0.465 e. The van der Waals surface area contributed by atoms with Gasteiger partial charge in [-0.1, -0.05) is 20.8 Å². The molecule has 1 aromatic carbocycles. The van der Waals surface area contributed by atoms with Crippen LogP contribution in [0, 0.1) is 16.7 Å². The summed E-state index contributed by atoms with van der Waals surface area (Å²) in [6.07, 6.45) is 1.44. The van der Waals surface area contributed by atoms with Gasteiger partial charge in [0.05, 0.1) is 18.1 Å². The van der Waals surface area contributed by atoms with E-state index in [9.17, 15) is 19.2 Å². The molecule has 1 saturated heterocycles. The molecule has 150 valence electrons. The molecule has 2 bridgehead atoms. The van der Waals surface area contributed by atoms with Gasteiger partial charge >= 0.3 is 5.97 Å². The summed E-state index contributed by atoms with van der Waals surface area (Å²) in [7, 11) is 1.30. The van der Waals surface area contributed by atoms with Gasteiger partial charge in [-0.3, -0.25) is 19.3 Å². The van der Waals surface area contributed by atoms with Gasteiger partial charge in [0.25, 0.3) is 0 Å². The Bertz CT molecular complexity index is 830. The second-order valence-electron chi connectivity index (χ2n) is 8.31. The number of imide groups is 1. The number of esters is 1. The van der Waals surface area contributed by atoms with E-state index < -0.39 is 11.4 Å². The SMILES string of the molecule is COC(=O)c1ccc(NC(=O)CCN2C(=O)C3CCC(C)(C2=O)C3(C)C)cc1. The minimum Gasteiger partial charge on any atom is -0.465 e. The van der Waals surface area contributed by atoms with Gasteiger partial charge in [-0.15, -0.1) is 0 Å². The number of methoxy groups -OCH3 is 1. The molecule has 7 nitrogen and oxygen atoms in total. The fraction of sp³-hybridized carbons (Fsp3) is 0.524. The van der Waals surface area contributed by atoms with E-state index in [1.54, 1.807) is 24.3 Å². The molecule has 1 saturated carbocycles. The summed E-state index contributed by atoms with van der Waals surface area (Å²) < 4.78 is 4.63. The lowest BCUT2D eigenvalue weighted by Gasteiger charge is -2.47. The van der Waals surface area contributed by atoms with Crippen LogP contribution in [0.5, 0.6) is 0 Å². The first-order valence-corrected chi connectivity index (χ1v) is 9.46. The van der Waals surface area contributed by atoms with Crippen molar-refractivity contribution in [2.75, 3.05) is 19.0 Å². The van der Waals surface area contributed by atoms with Crippen LogP contribution in [0.2, 0.25) is 0 Å². The predicted octanol–water partition coefficient (Wildman–Crippen LogP) is 2.61. The van der Waals surface area contributed by atoms with Crippen molar-refractivity contribution in [2.24, 2.45) is 16.7 Å². The summed E-state index contributed by atoms with van der Waals surface area (Å²) in [5.74, 6) is -1.27. The maximum Gasteiger partial charge on any atom is 0.337 e. The molecule has 3 rings (SSSR count). The molecule has 7 heteroatoms. The van der Waals surface area contributed by atoms with Gasteiger partial charge in [0.2, 0.25) is 17.7 Å². The van der Waals surface area contributed by atoms with Gasteiger partial charge in [-0.2, -0.15) is 0 Å². The van der Waals surface area contributed by atoms with Crippen molar-refractivity contribution in [3.63, 3.8) is 0 Å². The zero-order valence-electron chi connectivity index (χ0n) is 16.7. The Morgan fingerprint density at radius 3 is 2.43 bits per heavy atom. The fourth-order valence-electron chi connectivity index (χ4n) is 4.36. The van der Waals surface area contributed by atoms with Gasteiger partial charge in [-0.05, 0) is 42.5 Å². The molecule has 28 heavy (non-hydrogen) atoms. The highest BCUT2D eigenvalue weighted by Crippen LogP contribution is 2.59. The van der Waals surface area contributed by atoms with Gasteiger partial charge in [-0.25, -0.2) is 4.79 Å². The Morgan fingerprint density at radius 1 is 1.18 bits per heavy atom. The van der Waals surface area contributed by atoms with E-state index in [1.807, 2.05) is 20.8 Å². The standard InChI is InChI=1S/C21H26N2O5/c1-20(2)15-9-11-21(20,3)19(27)23(17(15)25)12-10-16(24)22-14-7-5-13(6-8-14)18(26)28-4/h5-8,15H,9-12H2,1-4H3,(H,22,24). The molecule has 1 aliphatic carbocycles. The molecule has 2 fully saturated rings. The third kappa shape index (κ3) is 3.08. The highest BCUT2D eigenvalue weighted by molar-refractivity contribution is 6.04. The van der Waals surface area contributed by atoms with Crippen molar-refractivity contribution in [3.8, 4) is 0 Å². The first-order valence-electron chi connectivity index (χ1n) is 9.46. The number of hydrogen-bond acceptors (Lipinski definition) is 5. The van der Waals surface area contributed by atoms with Gasteiger partial charge in [0.15, 0.2) is 0 Å². The van der Waals surface area contributed by atoms with Crippen molar-refractivity contribution < 1.29 is 23.9 Å². The van der Waals surface area contributed by atoms with Crippen LogP contribution >= 0.6 is 0 Å². The van der Waals surface area contributed by atoms with E-state index in [1.165, 1.54) is 12.0 Å². The van der Waals surface area contributed by atoms with Crippen molar-refractivity contribution in [1.82, 2.24) is 4.90 Å². The zero-order chi connectivity index (χ0) is 20.7. The zero-order valence-corrected chi connectivity index (χ0v) is 16.7. The lowest BCUT2D eigenvalue weighted by atomic mass is 9.62. The molecule has 0 spiro atoms. The van der Waals surface area contributed by atoms with Crippen molar-refractivity contribution >= 4 is 29.4 Å². The summed E-state index contributed by atoms with van der Waals surface area (Å²) in [4.78, 5) is 50.7. The first kappa shape index (κ1) is 20.0. The van der Waals surface area contributed by atoms with Crippen LogP contribution in [0.25, 0.3) is 0 Å². The van der Waals surface area contributed by atoms with Crippen LogP contribution < -0.4 is 5.32 Å². The van der Waals surface area contributed by atoms with Crippen LogP contribution in [0.4, 0.5) is 5.69 Å². The summed E-state index contributed by atoms with van der Waals surface area (Å²) in [6.45, 7) is 5.98. The number of piperidine rings is 1. The topological polar surface area (TPSA) is 92.8 Å². The maximum atomic E-state index is 13.0. The molecule has 1 aliphatic heterocycles. The fourth-order valence-corrected chi connectivity index (χ4v) is 4.36. The summed E-state index contributed by atoms with van der Waals surface area (Å²) >= 11 is 0. The van der Waals surface area contributed by atoms with E-state index in [2.05, 4.69) is 10.1 Å². The van der Waals surface area contributed by atoms with E-state index >= 15 is 0 Å². The van der Waals surface area contributed by atoms with Crippen LogP contribution in [-0.4, -0.2) is 42.2 Å². The number of benzene rings is 1. The highest BCUT2D eigenvalue weighted by atomic mass is 16.5. The molecule has 0 radical (unpaired) electrons. The molecule has 1 aromatic rings. The third-order valence-electron chi connectivity index (χ3n) is 6.66.